The summed E-state index contributed by atoms with van der Waals surface area (Å²) in [6, 6.07) is 9.52. The summed E-state index contributed by atoms with van der Waals surface area (Å²) in [7, 11) is 0. The van der Waals surface area contributed by atoms with E-state index in [0.717, 1.165) is 22.8 Å². The van der Waals surface area contributed by atoms with Crippen molar-refractivity contribution in [1.29, 1.82) is 5.26 Å². The smallest absolute Gasteiger partial charge is 0.252 e. The van der Waals surface area contributed by atoms with Gasteiger partial charge < -0.3 is 5.32 Å². The van der Waals surface area contributed by atoms with Crippen molar-refractivity contribution in [2.75, 3.05) is 0 Å². The van der Waals surface area contributed by atoms with Crippen LogP contribution in [0.1, 0.15) is 29.6 Å². The topological polar surface area (TPSA) is 52.9 Å². The third kappa shape index (κ3) is 2.19. The van der Waals surface area contributed by atoms with Gasteiger partial charge in [-0.2, -0.15) is 5.26 Å². The molecular weight excluding hydrogens is 315 g/mol. The van der Waals surface area contributed by atoms with Gasteiger partial charge in [0.2, 0.25) is 0 Å². The number of nitriles is 1. The lowest BCUT2D eigenvalue weighted by molar-refractivity contribution is 0.0881. The van der Waals surface area contributed by atoms with E-state index >= 15 is 0 Å². The van der Waals surface area contributed by atoms with Crippen LogP contribution in [-0.2, 0) is 0 Å². The third-order valence-electron chi connectivity index (χ3n) is 2.88. The molecule has 0 aliphatic heterocycles. The minimum absolute atomic E-state index is 0.155. The lowest BCUT2D eigenvalue weighted by atomic mass is 9.78. The first-order valence-corrected chi connectivity index (χ1v) is 6.22. The molecule has 0 saturated heterocycles. The predicted molar refractivity (Wildman–Crippen MR) is 68.8 cm³/mol. The van der Waals surface area contributed by atoms with Crippen LogP contribution in [0.25, 0.3) is 0 Å². The molecule has 1 aliphatic rings. The first kappa shape index (κ1) is 11.4. The number of halogens is 1. The largest absolute Gasteiger partial charge is 0.334 e. The molecule has 0 aromatic heterocycles. The quantitative estimate of drug-likeness (QED) is 0.849. The fourth-order valence-corrected chi connectivity index (χ4v) is 2.05. The molecule has 1 saturated carbocycles. The van der Waals surface area contributed by atoms with Crippen molar-refractivity contribution in [2.45, 2.75) is 24.8 Å². The number of nitrogens with one attached hydrogen (secondary N) is 1. The second-order valence-corrected chi connectivity index (χ2v) is 5.25. The Morgan fingerprint density at radius 3 is 2.44 bits per heavy atom. The number of benzene rings is 1. The molecule has 0 heterocycles. The van der Waals surface area contributed by atoms with Gasteiger partial charge in [-0.3, -0.25) is 4.79 Å². The van der Waals surface area contributed by atoms with Crippen molar-refractivity contribution in [3.8, 4) is 6.07 Å². The van der Waals surface area contributed by atoms with Crippen molar-refractivity contribution in [1.82, 2.24) is 5.32 Å². The zero-order valence-electron chi connectivity index (χ0n) is 8.66. The van der Waals surface area contributed by atoms with Crippen molar-refractivity contribution < 1.29 is 4.79 Å². The van der Waals surface area contributed by atoms with Gasteiger partial charge in [-0.05, 0) is 66.1 Å². The highest BCUT2D eigenvalue weighted by molar-refractivity contribution is 14.1. The fraction of sp³-hybridized carbons (Fsp3) is 0.333. The van der Waals surface area contributed by atoms with Crippen molar-refractivity contribution in [2.24, 2.45) is 0 Å². The minimum atomic E-state index is -0.611. The van der Waals surface area contributed by atoms with Gasteiger partial charge in [-0.25, -0.2) is 0 Å². The molecule has 1 N–H and O–H groups in total. The Hall–Kier alpha value is -1.09. The molecule has 1 aromatic carbocycles. The summed E-state index contributed by atoms with van der Waals surface area (Å²) in [5.74, 6) is -0.155. The van der Waals surface area contributed by atoms with Gasteiger partial charge in [0, 0.05) is 9.13 Å². The molecule has 0 atom stereocenters. The molecule has 1 fully saturated rings. The molecular formula is C12H11IN2O. The first-order chi connectivity index (χ1) is 7.65. The maximum absolute atomic E-state index is 11.9. The van der Waals surface area contributed by atoms with E-state index in [0.29, 0.717) is 5.56 Å². The summed E-state index contributed by atoms with van der Waals surface area (Å²) in [5, 5.41) is 11.8. The average molecular weight is 326 g/mol. The molecule has 0 unspecified atom stereocenters. The standard InChI is InChI=1S/C12H11IN2O/c13-10-4-2-9(3-5-10)11(16)15-12(8-14)6-1-7-12/h2-5H,1,6-7H2,(H,15,16). The van der Waals surface area contributed by atoms with Crippen molar-refractivity contribution in [3.05, 3.63) is 33.4 Å². The van der Waals surface area contributed by atoms with Crippen molar-refractivity contribution >= 4 is 28.5 Å². The minimum Gasteiger partial charge on any atom is -0.334 e. The highest BCUT2D eigenvalue weighted by atomic mass is 127. The van der Waals surface area contributed by atoms with E-state index in [9.17, 15) is 4.79 Å². The summed E-state index contributed by atoms with van der Waals surface area (Å²) < 4.78 is 1.09. The van der Waals surface area contributed by atoms with Gasteiger partial charge in [0.05, 0.1) is 6.07 Å². The van der Waals surface area contributed by atoms with Crippen LogP contribution in [0.3, 0.4) is 0 Å². The van der Waals surface area contributed by atoms with E-state index < -0.39 is 5.54 Å². The Morgan fingerprint density at radius 1 is 1.38 bits per heavy atom. The number of carbonyl (C=O) groups is 1. The lowest BCUT2D eigenvalue weighted by Gasteiger charge is -2.35. The van der Waals surface area contributed by atoms with E-state index in [1.165, 1.54) is 0 Å². The maximum atomic E-state index is 11.9. The highest BCUT2D eigenvalue weighted by Gasteiger charge is 2.38. The molecule has 3 nitrogen and oxygen atoms in total. The van der Waals surface area contributed by atoms with Gasteiger partial charge in [-0.1, -0.05) is 0 Å². The fourth-order valence-electron chi connectivity index (χ4n) is 1.69. The Labute approximate surface area is 108 Å². The zero-order valence-corrected chi connectivity index (χ0v) is 10.8. The molecule has 0 radical (unpaired) electrons. The lowest BCUT2D eigenvalue weighted by Crippen LogP contribution is -2.52. The molecule has 1 amide bonds. The molecule has 0 bridgehead atoms. The average Bonchev–Trinajstić information content (AvgIpc) is 2.24. The monoisotopic (exact) mass is 326 g/mol. The molecule has 0 spiro atoms. The molecule has 1 aromatic rings. The summed E-state index contributed by atoms with van der Waals surface area (Å²) in [6.07, 6.45) is 2.54. The predicted octanol–water partition coefficient (Wildman–Crippen LogP) is 2.47. The van der Waals surface area contributed by atoms with Crippen LogP contribution in [0.5, 0.6) is 0 Å². The Balaban J connectivity index is 2.09. The number of carbonyl (C=O) groups excluding carboxylic acids is 1. The number of hydrogen-bond acceptors (Lipinski definition) is 2. The summed E-state index contributed by atoms with van der Waals surface area (Å²) >= 11 is 2.19. The third-order valence-corrected chi connectivity index (χ3v) is 3.60. The van der Waals surface area contributed by atoms with Crippen LogP contribution in [0.4, 0.5) is 0 Å². The Morgan fingerprint density at radius 2 is 2.00 bits per heavy atom. The molecule has 4 heteroatoms. The second kappa shape index (κ2) is 4.42. The number of hydrogen-bond donors (Lipinski definition) is 1. The molecule has 82 valence electrons. The van der Waals surface area contributed by atoms with Crippen LogP contribution >= 0.6 is 22.6 Å². The van der Waals surface area contributed by atoms with E-state index in [1.54, 1.807) is 12.1 Å². The highest BCUT2D eigenvalue weighted by Crippen LogP contribution is 2.31. The number of rotatable bonds is 2. The van der Waals surface area contributed by atoms with E-state index in [-0.39, 0.29) is 5.91 Å². The number of amides is 1. The van der Waals surface area contributed by atoms with E-state index in [2.05, 4.69) is 34.0 Å². The summed E-state index contributed by atoms with van der Waals surface area (Å²) in [5.41, 5.74) is 0.00188. The summed E-state index contributed by atoms with van der Waals surface area (Å²) in [6.45, 7) is 0. The van der Waals surface area contributed by atoms with Crippen LogP contribution in [-0.4, -0.2) is 11.4 Å². The Bertz CT molecular complexity index is 443. The van der Waals surface area contributed by atoms with Crippen LogP contribution in [0.15, 0.2) is 24.3 Å². The van der Waals surface area contributed by atoms with E-state index in [1.807, 2.05) is 12.1 Å². The molecule has 2 rings (SSSR count). The van der Waals surface area contributed by atoms with Gasteiger partial charge >= 0.3 is 0 Å². The van der Waals surface area contributed by atoms with Crippen LogP contribution in [0.2, 0.25) is 0 Å². The zero-order chi connectivity index (χ0) is 11.6. The van der Waals surface area contributed by atoms with Crippen molar-refractivity contribution in [3.63, 3.8) is 0 Å². The van der Waals surface area contributed by atoms with Gasteiger partial charge in [-0.15, -0.1) is 0 Å². The van der Waals surface area contributed by atoms with Crippen LogP contribution < -0.4 is 5.32 Å². The normalized spacial score (nSPS) is 17.0. The first-order valence-electron chi connectivity index (χ1n) is 5.15. The molecule has 16 heavy (non-hydrogen) atoms. The Kier molecular flexibility index (Phi) is 3.15. The molecule has 1 aliphatic carbocycles. The van der Waals surface area contributed by atoms with Crippen LogP contribution in [0, 0.1) is 14.9 Å². The number of nitrogens with zero attached hydrogens (tertiary/aromatic N) is 1. The van der Waals surface area contributed by atoms with Gasteiger partial charge in [0.15, 0.2) is 0 Å². The van der Waals surface area contributed by atoms with Gasteiger partial charge in [0.25, 0.3) is 5.91 Å². The van der Waals surface area contributed by atoms with E-state index in [4.69, 9.17) is 5.26 Å². The maximum Gasteiger partial charge on any atom is 0.252 e. The second-order valence-electron chi connectivity index (χ2n) is 4.01. The van der Waals surface area contributed by atoms with Gasteiger partial charge in [0.1, 0.15) is 5.54 Å². The SMILES string of the molecule is N#CC1(NC(=O)c2ccc(I)cc2)CCC1. The summed E-state index contributed by atoms with van der Waals surface area (Å²) in [4.78, 5) is 11.9.